The first-order valence-corrected chi connectivity index (χ1v) is 7.25. The quantitative estimate of drug-likeness (QED) is 0.735. The fraction of sp³-hybridized carbons (Fsp3) is 0.235. The number of ketones is 1. The van der Waals surface area contributed by atoms with E-state index in [1.165, 1.54) is 5.56 Å². The van der Waals surface area contributed by atoms with Gasteiger partial charge in [0.25, 0.3) is 0 Å². The lowest BCUT2D eigenvalue weighted by molar-refractivity contribution is 0.103. The predicted octanol–water partition coefficient (Wildman–Crippen LogP) is 4.88. The Morgan fingerprint density at radius 2 is 1.84 bits per heavy atom. The van der Waals surface area contributed by atoms with Gasteiger partial charge in [0.15, 0.2) is 5.78 Å². The molecule has 0 spiro atoms. The smallest absolute Gasteiger partial charge is 0.194 e. The summed E-state index contributed by atoms with van der Waals surface area (Å²) < 4.78 is 0.842. The van der Waals surface area contributed by atoms with Crippen LogP contribution in [0, 0.1) is 5.92 Å². The monoisotopic (exact) mass is 316 g/mol. The van der Waals surface area contributed by atoms with Crippen LogP contribution in [-0.4, -0.2) is 5.78 Å². The Morgan fingerprint density at radius 3 is 2.53 bits per heavy atom. The molecule has 0 heterocycles. The van der Waals surface area contributed by atoms with Crippen LogP contribution < -0.4 is 0 Å². The number of benzene rings is 2. The molecule has 0 saturated heterocycles. The van der Waals surface area contributed by atoms with Crippen LogP contribution in [0.25, 0.3) is 0 Å². The predicted molar refractivity (Wildman–Crippen MR) is 82.6 cm³/mol. The van der Waals surface area contributed by atoms with E-state index in [0.717, 1.165) is 16.5 Å². The molecule has 98 valence electrons. The van der Waals surface area contributed by atoms with E-state index in [0.29, 0.717) is 11.5 Å². The molecular formula is C17H17BrO. The molecule has 0 fully saturated rings. The molecule has 0 bridgehead atoms. The highest BCUT2D eigenvalue weighted by molar-refractivity contribution is 9.10. The van der Waals surface area contributed by atoms with E-state index in [2.05, 4.69) is 35.8 Å². The van der Waals surface area contributed by atoms with Crippen molar-refractivity contribution in [2.45, 2.75) is 20.3 Å². The van der Waals surface area contributed by atoms with Gasteiger partial charge in [-0.25, -0.2) is 0 Å². The topological polar surface area (TPSA) is 17.1 Å². The van der Waals surface area contributed by atoms with E-state index in [1.807, 2.05) is 42.5 Å². The molecule has 0 aromatic heterocycles. The summed E-state index contributed by atoms with van der Waals surface area (Å²) in [4.78, 5) is 12.5. The van der Waals surface area contributed by atoms with Gasteiger partial charge >= 0.3 is 0 Å². The number of rotatable bonds is 4. The lowest BCUT2D eigenvalue weighted by Gasteiger charge is -2.08. The van der Waals surface area contributed by atoms with Crippen molar-refractivity contribution < 1.29 is 4.79 Å². The summed E-state index contributed by atoms with van der Waals surface area (Å²) in [5.41, 5.74) is 2.68. The molecule has 0 unspecified atom stereocenters. The Hall–Kier alpha value is -1.41. The van der Waals surface area contributed by atoms with E-state index < -0.39 is 0 Å². The highest BCUT2D eigenvalue weighted by atomic mass is 79.9. The van der Waals surface area contributed by atoms with E-state index in [-0.39, 0.29) is 5.78 Å². The molecule has 1 nitrogen and oxygen atoms in total. The van der Waals surface area contributed by atoms with Crippen LogP contribution in [0.5, 0.6) is 0 Å². The largest absolute Gasteiger partial charge is 0.289 e. The average Bonchev–Trinajstić information content (AvgIpc) is 2.38. The van der Waals surface area contributed by atoms with Gasteiger partial charge in [0.2, 0.25) is 0 Å². The first-order valence-electron chi connectivity index (χ1n) is 6.46. The number of hydrogen-bond acceptors (Lipinski definition) is 1. The molecule has 0 amide bonds. The maximum atomic E-state index is 12.5. The third kappa shape index (κ3) is 3.54. The van der Waals surface area contributed by atoms with Gasteiger partial charge in [-0.2, -0.15) is 0 Å². The van der Waals surface area contributed by atoms with E-state index in [4.69, 9.17) is 0 Å². The molecule has 0 N–H and O–H groups in total. The van der Waals surface area contributed by atoms with Gasteiger partial charge in [-0.3, -0.25) is 4.79 Å². The van der Waals surface area contributed by atoms with Crippen molar-refractivity contribution in [3.63, 3.8) is 0 Å². The number of carbonyl (C=O) groups excluding carboxylic acids is 1. The van der Waals surface area contributed by atoms with Crippen molar-refractivity contribution in [1.29, 1.82) is 0 Å². The van der Waals surface area contributed by atoms with Crippen LogP contribution in [-0.2, 0) is 6.42 Å². The van der Waals surface area contributed by atoms with Crippen molar-refractivity contribution in [1.82, 2.24) is 0 Å². The molecule has 2 aromatic rings. The van der Waals surface area contributed by atoms with Crippen molar-refractivity contribution in [3.8, 4) is 0 Å². The molecule has 2 rings (SSSR count). The molecule has 19 heavy (non-hydrogen) atoms. The van der Waals surface area contributed by atoms with Crippen LogP contribution in [0.15, 0.2) is 53.0 Å². The average molecular weight is 317 g/mol. The lowest BCUT2D eigenvalue weighted by Crippen LogP contribution is -2.03. The van der Waals surface area contributed by atoms with E-state index >= 15 is 0 Å². The first-order chi connectivity index (χ1) is 9.08. The Balaban J connectivity index is 2.32. The lowest BCUT2D eigenvalue weighted by atomic mass is 9.97. The summed E-state index contributed by atoms with van der Waals surface area (Å²) in [6, 6.07) is 15.5. The zero-order valence-electron chi connectivity index (χ0n) is 11.2. The maximum absolute atomic E-state index is 12.5. The normalized spacial score (nSPS) is 10.7. The molecule has 0 aliphatic rings. The third-order valence-electron chi connectivity index (χ3n) is 2.95. The molecule has 0 aliphatic heterocycles. The van der Waals surface area contributed by atoms with Gasteiger partial charge < -0.3 is 0 Å². The Kier molecular flexibility index (Phi) is 4.54. The van der Waals surface area contributed by atoms with Crippen LogP contribution >= 0.6 is 15.9 Å². The number of hydrogen-bond donors (Lipinski definition) is 0. The minimum Gasteiger partial charge on any atom is -0.289 e. The fourth-order valence-electron chi connectivity index (χ4n) is 2.11. The Bertz CT molecular complexity index is 587. The minimum absolute atomic E-state index is 0.0677. The van der Waals surface area contributed by atoms with E-state index in [9.17, 15) is 4.79 Å². The van der Waals surface area contributed by atoms with Crippen molar-refractivity contribution >= 4 is 21.7 Å². The van der Waals surface area contributed by atoms with Crippen molar-refractivity contribution in [2.24, 2.45) is 5.92 Å². The summed E-state index contributed by atoms with van der Waals surface area (Å²) in [5, 5.41) is 0. The standard InChI is InChI=1S/C17H17BrO/c1-12(2)10-13-6-5-7-14(11-13)17(19)15-8-3-4-9-16(15)18/h3-9,11-12H,10H2,1-2H3. The molecule has 2 aromatic carbocycles. The van der Waals surface area contributed by atoms with Gasteiger partial charge in [-0.1, -0.05) is 60.1 Å². The summed E-state index contributed by atoms with van der Waals surface area (Å²) in [6.45, 7) is 4.37. The molecule has 2 heteroatoms. The van der Waals surface area contributed by atoms with E-state index in [1.54, 1.807) is 0 Å². The Morgan fingerprint density at radius 1 is 1.11 bits per heavy atom. The van der Waals surface area contributed by atoms with Crippen LogP contribution in [0.3, 0.4) is 0 Å². The summed E-state index contributed by atoms with van der Waals surface area (Å²) in [7, 11) is 0. The highest BCUT2D eigenvalue weighted by Crippen LogP contribution is 2.20. The molecule has 0 aliphatic carbocycles. The van der Waals surface area contributed by atoms with Gasteiger partial charge in [-0.15, -0.1) is 0 Å². The summed E-state index contributed by atoms with van der Waals surface area (Å²) >= 11 is 3.43. The van der Waals surface area contributed by atoms with Crippen LogP contribution in [0.2, 0.25) is 0 Å². The number of halogens is 1. The van der Waals surface area contributed by atoms with Crippen molar-refractivity contribution in [3.05, 3.63) is 69.7 Å². The van der Waals surface area contributed by atoms with Gasteiger partial charge in [0.05, 0.1) is 0 Å². The van der Waals surface area contributed by atoms with Gasteiger partial charge in [0.1, 0.15) is 0 Å². The Labute approximate surface area is 122 Å². The second-order valence-corrected chi connectivity index (χ2v) is 5.96. The zero-order chi connectivity index (χ0) is 13.8. The third-order valence-corrected chi connectivity index (χ3v) is 3.64. The molecular weight excluding hydrogens is 300 g/mol. The molecule has 0 saturated carbocycles. The second-order valence-electron chi connectivity index (χ2n) is 5.11. The fourth-order valence-corrected chi connectivity index (χ4v) is 2.58. The summed E-state index contributed by atoms with van der Waals surface area (Å²) in [5.74, 6) is 0.659. The SMILES string of the molecule is CC(C)Cc1cccc(C(=O)c2ccccc2Br)c1. The second kappa shape index (κ2) is 6.16. The van der Waals surface area contributed by atoms with Crippen LogP contribution in [0.1, 0.15) is 35.3 Å². The number of carbonyl (C=O) groups is 1. The minimum atomic E-state index is 0.0677. The van der Waals surface area contributed by atoms with Crippen molar-refractivity contribution in [2.75, 3.05) is 0 Å². The first kappa shape index (κ1) is 14.0. The van der Waals surface area contributed by atoms with Gasteiger partial charge in [-0.05, 0) is 36.1 Å². The highest BCUT2D eigenvalue weighted by Gasteiger charge is 2.12. The zero-order valence-corrected chi connectivity index (χ0v) is 12.8. The molecule has 0 atom stereocenters. The molecule has 0 radical (unpaired) electrons. The maximum Gasteiger partial charge on any atom is 0.194 e. The van der Waals surface area contributed by atoms with Crippen LogP contribution in [0.4, 0.5) is 0 Å². The van der Waals surface area contributed by atoms with Gasteiger partial charge in [0, 0.05) is 15.6 Å². The summed E-state index contributed by atoms with van der Waals surface area (Å²) in [6.07, 6.45) is 0.997.